The highest BCUT2D eigenvalue weighted by Gasteiger charge is 2.02. The maximum absolute atomic E-state index is 11.7. The van der Waals surface area contributed by atoms with Crippen molar-refractivity contribution in [3.63, 3.8) is 0 Å². The summed E-state index contributed by atoms with van der Waals surface area (Å²) < 4.78 is 1.66. The van der Waals surface area contributed by atoms with Crippen molar-refractivity contribution in [2.75, 3.05) is 6.54 Å². The highest BCUT2D eigenvalue weighted by molar-refractivity contribution is 5.75. The summed E-state index contributed by atoms with van der Waals surface area (Å²) in [6.07, 6.45) is 6.22. The number of nitrogens with zero attached hydrogens (tertiary/aromatic N) is 1. The Labute approximate surface area is 136 Å². The van der Waals surface area contributed by atoms with Gasteiger partial charge in [0, 0.05) is 38.2 Å². The molecule has 1 amide bonds. The van der Waals surface area contributed by atoms with E-state index in [0.29, 0.717) is 25.9 Å². The van der Waals surface area contributed by atoms with E-state index in [-0.39, 0.29) is 17.9 Å². The van der Waals surface area contributed by atoms with Crippen molar-refractivity contribution in [3.05, 3.63) is 34.2 Å². The van der Waals surface area contributed by atoms with E-state index >= 15 is 0 Å². The molecule has 0 fully saturated rings. The average molecular weight is 322 g/mol. The molecule has 0 aliphatic carbocycles. The molecule has 6 nitrogen and oxygen atoms in total. The highest BCUT2D eigenvalue weighted by Crippen LogP contribution is 2.01. The molecular formula is C17H26N2O4. The monoisotopic (exact) mass is 322 g/mol. The van der Waals surface area contributed by atoms with Crippen LogP contribution in [0.5, 0.6) is 0 Å². The third-order valence-corrected chi connectivity index (χ3v) is 3.59. The molecule has 1 rings (SSSR count). The highest BCUT2D eigenvalue weighted by atomic mass is 16.4. The van der Waals surface area contributed by atoms with E-state index in [1.165, 1.54) is 0 Å². The number of amides is 1. The summed E-state index contributed by atoms with van der Waals surface area (Å²) in [5, 5.41) is 11.3. The van der Waals surface area contributed by atoms with E-state index in [1.54, 1.807) is 16.8 Å². The van der Waals surface area contributed by atoms with Gasteiger partial charge in [-0.25, -0.2) is 0 Å². The molecule has 23 heavy (non-hydrogen) atoms. The molecule has 2 N–H and O–H groups in total. The first kappa shape index (κ1) is 18.9. The molecule has 0 aromatic carbocycles. The number of rotatable bonds is 11. The second-order valence-electron chi connectivity index (χ2n) is 5.75. The van der Waals surface area contributed by atoms with Crippen LogP contribution in [-0.4, -0.2) is 28.1 Å². The van der Waals surface area contributed by atoms with Crippen LogP contribution in [0.2, 0.25) is 0 Å². The number of carboxylic acid groups (broad SMARTS) is 1. The molecule has 1 aromatic rings. The molecule has 128 valence electrons. The number of unbranched alkanes of at least 4 members (excludes halogenated alkanes) is 3. The van der Waals surface area contributed by atoms with Crippen molar-refractivity contribution in [3.8, 4) is 0 Å². The number of nitrogens with one attached hydrogen (secondary N) is 1. The van der Waals surface area contributed by atoms with Crippen LogP contribution in [0.4, 0.5) is 0 Å². The molecule has 6 heteroatoms. The Kier molecular flexibility index (Phi) is 8.72. The predicted octanol–water partition coefficient (Wildman–Crippen LogP) is 2.09. The standard InChI is InChI=1S/C17H26N2O4/c1-14-9-12-19(16(21)13-14)11-6-4-7-15(20)18-10-5-2-3-8-17(22)23/h9,12-13H,2-8,10-11H2,1H3,(H,18,20)(H,22,23). The van der Waals surface area contributed by atoms with Crippen LogP contribution in [0.25, 0.3) is 0 Å². The molecule has 0 unspecified atom stereocenters. The van der Waals surface area contributed by atoms with Crippen molar-refractivity contribution in [2.24, 2.45) is 0 Å². The molecule has 0 saturated heterocycles. The summed E-state index contributed by atoms with van der Waals surface area (Å²) in [5.41, 5.74) is 0.949. The Morgan fingerprint density at radius 3 is 2.57 bits per heavy atom. The van der Waals surface area contributed by atoms with E-state index in [4.69, 9.17) is 5.11 Å². The SMILES string of the molecule is Cc1ccn(CCCCC(=O)NCCCCCC(=O)O)c(=O)c1. The first-order valence-corrected chi connectivity index (χ1v) is 8.14. The van der Waals surface area contributed by atoms with Crippen LogP contribution in [0.1, 0.15) is 50.5 Å². The van der Waals surface area contributed by atoms with Gasteiger partial charge in [-0.3, -0.25) is 14.4 Å². The van der Waals surface area contributed by atoms with Gasteiger partial charge >= 0.3 is 5.97 Å². The van der Waals surface area contributed by atoms with Crippen molar-refractivity contribution >= 4 is 11.9 Å². The molecule has 1 heterocycles. The number of pyridine rings is 1. The molecule has 1 aromatic heterocycles. The second-order valence-corrected chi connectivity index (χ2v) is 5.75. The number of carboxylic acids is 1. The lowest BCUT2D eigenvalue weighted by molar-refractivity contribution is -0.137. The quantitative estimate of drug-likeness (QED) is 0.611. The summed E-state index contributed by atoms with van der Waals surface area (Å²) in [6, 6.07) is 3.51. The molecule has 0 aliphatic heterocycles. The lowest BCUT2D eigenvalue weighted by Crippen LogP contribution is -2.24. The Balaban J connectivity index is 2.05. The van der Waals surface area contributed by atoms with Crippen LogP contribution in [0.3, 0.4) is 0 Å². The van der Waals surface area contributed by atoms with Gasteiger partial charge in [0.25, 0.3) is 5.56 Å². The summed E-state index contributed by atoms with van der Waals surface area (Å²) in [6.45, 7) is 3.11. The Hall–Kier alpha value is -2.11. The van der Waals surface area contributed by atoms with Gasteiger partial charge in [0.1, 0.15) is 0 Å². The lowest BCUT2D eigenvalue weighted by Gasteiger charge is -2.07. The lowest BCUT2D eigenvalue weighted by atomic mass is 10.2. The van der Waals surface area contributed by atoms with Gasteiger partial charge in [-0.2, -0.15) is 0 Å². The minimum absolute atomic E-state index is 0.00388. The normalized spacial score (nSPS) is 10.5. The Bertz CT molecular complexity index is 566. The number of aliphatic carboxylic acids is 1. The van der Waals surface area contributed by atoms with Gasteiger partial charge < -0.3 is 15.0 Å². The van der Waals surface area contributed by atoms with Crippen molar-refractivity contribution in [1.29, 1.82) is 0 Å². The van der Waals surface area contributed by atoms with Gasteiger partial charge in [-0.05, 0) is 44.2 Å². The molecular weight excluding hydrogens is 296 g/mol. The van der Waals surface area contributed by atoms with E-state index in [9.17, 15) is 14.4 Å². The number of carbonyl (C=O) groups excluding carboxylic acids is 1. The zero-order valence-corrected chi connectivity index (χ0v) is 13.7. The smallest absolute Gasteiger partial charge is 0.303 e. The zero-order valence-electron chi connectivity index (χ0n) is 13.7. The predicted molar refractivity (Wildman–Crippen MR) is 88.4 cm³/mol. The number of carbonyl (C=O) groups is 2. The maximum atomic E-state index is 11.7. The van der Waals surface area contributed by atoms with Crippen LogP contribution >= 0.6 is 0 Å². The number of hydrogen-bond acceptors (Lipinski definition) is 3. The molecule has 0 radical (unpaired) electrons. The van der Waals surface area contributed by atoms with Crippen LogP contribution in [-0.2, 0) is 16.1 Å². The van der Waals surface area contributed by atoms with Gasteiger partial charge in [0.05, 0.1) is 0 Å². The molecule has 0 bridgehead atoms. The van der Waals surface area contributed by atoms with Crippen molar-refractivity contribution in [2.45, 2.75) is 58.4 Å². The second kappa shape index (κ2) is 10.6. The third kappa shape index (κ3) is 8.80. The van der Waals surface area contributed by atoms with Gasteiger partial charge in [0.15, 0.2) is 0 Å². The topological polar surface area (TPSA) is 88.4 Å². The number of aryl methyl sites for hydroxylation is 2. The molecule has 0 atom stereocenters. The van der Waals surface area contributed by atoms with E-state index in [0.717, 1.165) is 31.2 Å². The summed E-state index contributed by atoms with van der Waals surface area (Å²) in [7, 11) is 0. The largest absolute Gasteiger partial charge is 0.481 e. The molecule has 0 saturated carbocycles. The average Bonchev–Trinajstić information content (AvgIpc) is 2.48. The summed E-state index contributed by atoms with van der Waals surface area (Å²) in [5.74, 6) is -0.763. The first-order chi connectivity index (χ1) is 11.0. The van der Waals surface area contributed by atoms with Gasteiger partial charge in [-0.15, -0.1) is 0 Å². The van der Waals surface area contributed by atoms with Crippen molar-refractivity contribution < 1.29 is 14.7 Å². The zero-order chi connectivity index (χ0) is 17.1. The molecule has 0 spiro atoms. The fraction of sp³-hybridized carbons (Fsp3) is 0.588. The van der Waals surface area contributed by atoms with Gasteiger partial charge in [-0.1, -0.05) is 6.42 Å². The minimum Gasteiger partial charge on any atom is -0.481 e. The van der Waals surface area contributed by atoms with E-state index in [1.807, 2.05) is 13.0 Å². The Morgan fingerprint density at radius 2 is 1.87 bits per heavy atom. The van der Waals surface area contributed by atoms with Gasteiger partial charge in [0.2, 0.25) is 5.91 Å². The fourth-order valence-corrected chi connectivity index (χ4v) is 2.25. The number of aromatic nitrogens is 1. The number of hydrogen-bond donors (Lipinski definition) is 2. The van der Waals surface area contributed by atoms with Crippen molar-refractivity contribution in [1.82, 2.24) is 9.88 Å². The van der Waals surface area contributed by atoms with E-state index in [2.05, 4.69) is 5.32 Å². The summed E-state index contributed by atoms with van der Waals surface area (Å²) in [4.78, 5) is 33.7. The van der Waals surface area contributed by atoms with Crippen LogP contribution in [0.15, 0.2) is 23.1 Å². The molecule has 0 aliphatic rings. The maximum Gasteiger partial charge on any atom is 0.303 e. The first-order valence-electron chi connectivity index (χ1n) is 8.14. The van der Waals surface area contributed by atoms with Crippen LogP contribution in [0, 0.1) is 6.92 Å². The summed E-state index contributed by atoms with van der Waals surface area (Å²) >= 11 is 0. The van der Waals surface area contributed by atoms with Crippen LogP contribution < -0.4 is 10.9 Å². The fourth-order valence-electron chi connectivity index (χ4n) is 2.25. The Morgan fingerprint density at radius 1 is 1.13 bits per heavy atom. The third-order valence-electron chi connectivity index (χ3n) is 3.59. The minimum atomic E-state index is -0.776. The van der Waals surface area contributed by atoms with E-state index < -0.39 is 5.97 Å².